The Balaban J connectivity index is 1.45. The number of nitrogens with one attached hydrogen (secondary N) is 2. The fraction of sp³-hybridized carbons (Fsp3) is 0.333. The van der Waals surface area contributed by atoms with E-state index in [0.717, 1.165) is 43.0 Å². The molecule has 2 aromatic heterocycles. The van der Waals surface area contributed by atoms with Gasteiger partial charge >= 0.3 is 0 Å². The number of rotatable bonds is 7. The maximum atomic E-state index is 12.8. The zero-order valence-electron chi connectivity index (χ0n) is 21.6. The predicted molar refractivity (Wildman–Crippen MR) is 148 cm³/mol. The summed E-state index contributed by atoms with van der Waals surface area (Å²) >= 11 is 0. The molecule has 1 aliphatic rings. The summed E-state index contributed by atoms with van der Waals surface area (Å²) in [7, 11) is 7.78. The van der Waals surface area contributed by atoms with Crippen molar-refractivity contribution in [2.24, 2.45) is 0 Å². The van der Waals surface area contributed by atoms with Crippen LogP contribution < -0.4 is 25.8 Å². The van der Waals surface area contributed by atoms with Gasteiger partial charge in [0.15, 0.2) is 5.65 Å². The molecule has 5 rings (SSSR count). The molecule has 0 unspecified atom stereocenters. The molecule has 1 fully saturated rings. The molecule has 0 spiro atoms. The number of hydrogen-bond acceptors (Lipinski definition) is 9. The second-order valence-corrected chi connectivity index (χ2v) is 9.33. The Morgan fingerprint density at radius 2 is 1.84 bits per heavy atom. The van der Waals surface area contributed by atoms with Crippen molar-refractivity contribution in [3.8, 4) is 11.4 Å². The quantitative estimate of drug-likeness (QED) is 0.395. The summed E-state index contributed by atoms with van der Waals surface area (Å²) in [4.78, 5) is 30.8. The standard InChI is InChI=1S/C27H32N8O2/c1-28-18-6-5-7-21(14-18)35-25(36)17-29-23-16-30-27(32-26(23)35)31-22-9-8-20(15-24(22)37-4)34-12-10-19(11-13-34)33(2)3/h5-9,14-17,19,28H,10-13H2,1-4H3,(H,30,31,32). The van der Waals surface area contributed by atoms with Gasteiger partial charge in [0.05, 0.1) is 30.9 Å². The molecule has 10 heteroatoms. The van der Waals surface area contributed by atoms with Crippen LogP contribution in [0.3, 0.4) is 0 Å². The van der Waals surface area contributed by atoms with Gasteiger partial charge in [-0.15, -0.1) is 0 Å². The third kappa shape index (κ3) is 5.05. The van der Waals surface area contributed by atoms with E-state index in [0.29, 0.717) is 34.6 Å². The van der Waals surface area contributed by atoms with Crippen LogP contribution in [-0.4, -0.2) is 71.8 Å². The van der Waals surface area contributed by atoms with Crippen LogP contribution in [0, 0.1) is 0 Å². The van der Waals surface area contributed by atoms with Crippen LogP contribution >= 0.6 is 0 Å². The summed E-state index contributed by atoms with van der Waals surface area (Å²) in [6.45, 7) is 2.01. The summed E-state index contributed by atoms with van der Waals surface area (Å²) in [5, 5.41) is 6.36. The lowest BCUT2D eigenvalue weighted by Crippen LogP contribution is -2.41. The molecular formula is C27H32N8O2. The maximum Gasteiger partial charge on any atom is 0.275 e. The number of ether oxygens (including phenoxy) is 1. The second-order valence-electron chi connectivity index (χ2n) is 9.33. The van der Waals surface area contributed by atoms with Crippen molar-refractivity contribution in [1.29, 1.82) is 0 Å². The Kier molecular flexibility index (Phi) is 6.91. The number of benzene rings is 2. The van der Waals surface area contributed by atoms with Crippen molar-refractivity contribution in [3.05, 3.63) is 65.2 Å². The van der Waals surface area contributed by atoms with Crippen molar-refractivity contribution >= 4 is 34.2 Å². The van der Waals surface area contributed by atoms with Crippen molar-refractivity contribution in [1.82, 2.24) is 24.4 Å². The molecule has 2 aromatic carbocycles. The van der Waals surface area contributed by atoms with Gasteiger partial charge in [-0.05, 0) is 57.3 Å². The van der Waals surface area contributed by atoms with Gasteiger partial charge < -0.3 is 25.2 Å². The van der Waals surface area contributed by atoms with Gasteiger partial charge in [-0.1, -0.05) is 6.07 Å². The van der Waals surface area contributed by atoms with Gasteiger partial charge in [0.2, 0.25) is 5.95 Å². The number of aromatic nitrogens is 4. The van der Waals surface area contributed by atoms with Crippen molar-refractivity contribution in [3.63, 3.8) is 0 Å². The van der Waals surface area contributed by atoms with Gasteiger partial charge in [0, 0.05) is 43.6 Å². The Hall–Kier alpha value is -4.18. The van der Waals surface area contributed by atoms with Crippen molar-refractivity contribution in [2.75, 3.05) is 56.9 Å². The first-order valence-electron chi connectivity index (χ1n) is 12.4. The first-order chi connectivity index (χ1) is 18.0. The minimum atomic E-state index is -0.273. The Labute approximate surface area is 215 Å². The lowest BCUT2D eigenvalue weighted by atomic mass is 10.0. The highest BCUT2D eigenvalue weighted by atomic mass is 16.5. The van der Waals surface area contributed by atoms with Crippen molar-refractivity contribution < 1.29 is 4.74 Å². The van der Waals surface area contributed by atoms with Gasteiger partial charge in [-0.2, -0.15) is 4.98 Å². The third-order valence-electron chi connectivity index (χ3n) is 6.88. The Bertz CT molecular complexity index is 1460. The summed E-state index contributed by atoms with van der Waals surface area (Å²) in [6, 6.07) is 14.3. The largest absolute Gasteiger partial charge is 0.494 e. The zero-order valence-corrected chi connectivity index (χ0v) is 21.6. The number of hydrogen-bond donors (Lipinski definition) is 2. The summed E-state index contributed by atoms with van der Waals surface area (Å²) in [5.74, 6) is 1.04. The lowest BCUT2D eigenvalue weighted by Gasteiger charge is -2.36. The van der Waals surface area contributed by atoms with Crippen LogP contribution in [0.5, 0.6) is 5.75 Å². The molecule has 4 aromatic rings. The molecule has 1 saturated heterocycles. The highest BCUT2D eigenvalue weighted by Gasteiger charge is 2.21. The first-order valence-corrected chi connectivity index (χ1v) is 12.4. The Morgan fingerprint density at radius 1 is 1.03 bits per heavy atom. The molecule has 3 heterocycles. The number of anilines is 4. The van der Waals surface area contributed by atoms with Crippen LogP contribution in [0.15, 0.2) is 59.7 Å². The van der Waals surface area contributed by atoms with Crippen LogP contribution in [0.4, 0.5) is 23.0 Å². The van der Waals surface area contributed by atoms with Crippen LogP contribution in [0.25, 0.3) is 16.9 Å². The fourth-order valence-corrected chi connectivity index (χ4v) is 4.76. The average Bonchev–Trinajstić information content (AvgIpc) is 2.93. The van der Waals surface area contributed by atoms with Crippen LogP contribution in [0.2, 0.25) is 0 Å². The highest BCUT2D eigenvalue weighted by Crippen LogP contribution is 2.33. The van der Waals surface area contributed by atoms with E-state index in [4.69, 9.17) is 4.74 Å². The third-order valence-corrected chi connectivity index (χ3v) is 6.88. The van der Waals surface area contributed by atoms with E-state index in [-0.39, 0.29) is 5.56 Å². The average molecular weight is 501 g/mol. The van der Waals surface area contributed by atoms with E-state index in [9.17, 15) is 4.79 Å². The number of methoxy groups -OCH3 is 1. The molecular weight excluding hydrogens is 468 g/mol. The smallest absolute Gasteiger partial charge is 0.275 e. The number of piperidine rings is 1. The summed E-state index contributed by atoms with van der Waals surface area (Å²) in [6.07, 6.45) is 5.16. The normalized spacial score (nSPS) is 14.2. The maximum absolute atomic E-state index is 12.8. The summed E-state index contributed by atoms with van der Waals surface area (Å²) < 4.78 is 7.24. The number of fused-ring (bicyclic) bond motifs is 1. The Morgan fingerprint density at radius 3 is 2.57 bits per heavy atom. The molecule has 0 amide bonds. The zero-order chi connectivity index (χ0) is 25.9. The van der Waals surface area contributed by atoms with E-state index in [2.05, 4.69) is 55.5 Å². The van der Waals surface area contributed by atoms with E-state index in [1.54, 1.807) is 13.3 Å². The minimum absolute atomic E-state index is 0.273. The molecule has 37 heavy (non-hydrogen) atoms. The second kappa shape index (κ2) is 10.4. The van der Waals surface area contributed by atoms with Gasteiger partial charge in [0.25, 0.3) is 5.56 Å². The highest BCUT2D eigenvalue weighted by molar-refractivity contribution is 5.75. The summed E-state index contributed by atoms with van der Waals surface area (Å²) in [5.41, 5.74) is 4.10. The van der Waals surface area contributed by atoms with Gasteiger partial charge in [-0.25, -0.2) is 9.97 Å². The molecule has 10 nitrogen and oxygen atoms in total. The van der Waals surface area contributed by atoms with Crippen molar-refractivity contribution in [2.45, 2.75) is 18.9 Å². The topological polar surface area (TPSA) is 100 Å². The molecule has 0 bridgehead atoms. The van der Waals surface area contributed by atoms with Gasteiger partial charge in [0.1, 0.15) is 11.3 Å². The SMILES string of the molecule is CNc1cccc(-n2c(=O)cnc3cnc(Nc4ccc(N5CCC(N(C)C)CC5)cc4OC)nc32)c1. The molecule has 192 valence electrons. The molecule has 0 radical (unpaired) electrons. The molecule has 0 atom stereocenters. The van der Waals surface area contributed by atoms with Crippen LogP contribution in [-0.2, 0) is 0 Å². The van der Waals surface area contributed by atoms with E-state index >= 15 is 0 Å². The van der Waals surface area contributed by atoms with Gasteiger partial charge in [-0.3, -0.25) is 9.36 Å². The molecule has 0 saturated carbocycles. The van der Waals surface area contributed by atoms with E-state index in [1.165, 1.54) is 10.8 Å². The molecule has 0 aliphatic carbocycles. The first kappa shape index (κ1) is 24.5. The molecule has 1 aliphatic heterocycles. The van der Waals surface area contributed by atoms with Crippen LogP contribution in [0.1, 0.15) is 12.8 Å². The monoisotopic (exact) mass is 500 g/mol. The molecule has 2 N–H and O–H groups in total. The fourth-order valence-electron chi connectivity index (χ4n) is 4.76. The number of nitrogens with zero attached hydrogens (tertiary/aromatic N) is 6. The minimum Gasteiger partial charge on any atom is -0.494 e. The predicted octanol–water partition coefficient (Wildman–Crippen LogP) is 3.50. The lowest BCUT2D eigenvalue weighted by molar-refractivity contribution is 0.249. The van der Waals surface area contributed by atoms with E-state index in [1.807, 2.05) is 43.4 Å². The van der Waals surface area contributed by atoms with E-state index < -0.39 is 0 Å².